The lowest BCUT2D eigenvalue weighted by molar-refractivity contribution is -0.0987. The summed E-state index contributed by atoms with van der Waals surface area (Å²) >= 11 is 5.74. The number of methoxy groups -OCH3 is 1. The topological polar surface area (TPSA) is 56.3 Å². The smallest absolute Gasteiger partial charge is 0.129 e. The van der Waals surface area contributed by atoms with Crippen molar-refractivity contribution in [1.29, 1.82) is 0 Å². The molecule has 0 amide bonds. The molecule has 0 aliphatic heterocycles. The fraction of sp³-hybridized carbons (Fsp3) is 0.533. The molecule has 0 saturated heterocycles. The summed E-state index contributed by atoms with van der Waals surface area (Å²) in [7, 11) is 1.78. The van der Waals surface area contributed by atoms with Crippen molar-refractivity contribution in [3.8, 4) is 0 Å². The fourth-order valence-electron chi connectivity index (χ4n) is 2.09. The molecule has 5 heteroatoms. The number of hydrogen-bond acceptors (Lipinski definition) is 4. The van der Waals surface area contributed by atoms with Gasteiger partial charge in [-0.25, -0.2) is 4.98 Å². The van der Waals surface area contributed by atoms with Crippen molar-refractivity contribution in [3.05, 3.63) is 29.0 Å². The molecule has 1 aromatic heterocycles. The van der Waals surface area contributed by atoms with Crippen LogP contribution in [0.4, 0.5) is 0 Å². The molecule has 0 bridgehead atoms. The quantitative estimate of drug-likeness (QED) is 0.782. The van der Waals surface area contributed by atoms with Crippen LogP contribution in [0.15, 0.2) is 18.3 Å². The standard InChI is InChI=1S/C11H14ClNO.C2H6.2CH2O/c1-14-10-4-2-8(6-10)9-3-5-11(12)13-7-9;3*1-2/h3,5,7-8,10H,2,4,6H2,1H3;1-2H3;2*1H2. The van der Waals surface area contributed by atoms with Crippen LogP contribution in [0.25, 0.3) is 0 Å². The molecular formula is C15H24ClNO3. The van der Waals surface area contributed by atoms with Gasteiger partial charge in [-0.15, -0.1) is 0 Å². The van der Waals surface area contributed by atoms with Gasteiger partial charge in [-0.05, 0) is 36.8 Å². The van der Waals surface area contributed by atoms with Gasteiger partial charge in [0.2, 0.25) is 0 Å². The molecule has 0 aromatic carbocycles. The summed E-state index contributed by atoms with van der Waals surface area (Å²) in [6.07, 6.45) is 5.77. The van der Waals surface area contributed by atoms with E-state index < -0.39 is 0 Å². The Balaban J connectivity index is 0. The lowest BCUT2D eigenvalue weighted by atomic mass is 10.00. The lowest BCUT2D eigenvalue weighted by Crippen LogP contribution is -2.04. The van der Waals surface area contributed by atoms with Crippen LogP contribution in [0.5, 0.6) is 0 Å². The van der Waals surface area contributed by atoms with Gasteiger partial charge in [-0.1, -0.05) is 31.5 Å². The maximum absolute atomic E-state index is 8.00. The fourth-order valence-corrected chi connectivity index (χ4v) is 2.20. The molecule has 4 nitrogen and oxygen atoms in total. The van der Waals surface area contributed by atoms with Crippen LogP contribution in [-0.2, 0) is 14.3 Å². The first-order valence-electron chi connectivity index (χ1n) is 6.51. The average molecular weight is 302 g/mol. The number of aromatic nitrogens is 1. The second kappa shape index (κ2) is 14.2. The van der Waals surface area contributed by atoms with Gasteiger partial charge in [0.25, 0.3) is 0 Å². The van der Waals surface area contributed by atoms with Gasteiger partial charge in [0.15, 0.2) is 0 Å². The Morgan fingerprint density at radius 2 is 1.80 bits per heavy atom. The molecule has 20 heavy (non-hydrogen) atoms. The van der Waals surface area contributed by atoms with Crippen LogP contribution < -0.4 is 0 Å². The highest BCUT2D eigenvalue weighted by molar-refractivity contribution is 6.29. The minimum atomic E-state index is 0.427. The van der Waals surface area contributed by atoms with Crippen LogP contribution in [-0.4, -0.2) is 31.8 Å². The monoisotopic (exact) mass is 301 g/mol. The number of rotatable bonds is 2. The Morgan fingerprint density at radius 1 is 1.20 bits per heavy atom. The number of hydrogen-bond donors (Lipinski definition) is 0. The molecule has 1 aliphatic rings. The highest BCUT2D eigenvalue weighted by Gasteiger charge is 2.25. The van der Waals surface area contributed by atoms with E-state index in [9.17, 15) is 0 Å². The van der Waals surface area contributed by atoms with Gasteiger partial charge in [0.05, 0.1) is 6.10 Å². The van der Waals surface area contributed by atoms with Crippen LogP contribution in [0.2, 0.25) is 5.15 Å². The zero-order valence-corrected chi connectivity index (χ0v) is 13.2. The molecule has 0 N–H and O–H groups in total. The Bertz CT molecular complexity index is 330. The van der Waals surface area contributed by atoms with E-state index in [0.717, 1.165) is 12.8 Å². The number of nitrogens with zero attached hydrogens (tertiary/aromatic N) is 1. The molecule has 1 aliphatic carbocycles. The molecule has 1 heterocycles. The van der Waals surface area contributed by atoms with Crippen LogP contribution >= 0.6 is 11.6 Å². The van der Waals surface area contributed by atoms with Gasteiger partial charge in [-0.3, -0.25) is 0 Å². The molecule has 114 valence electrons. The van der Waals surface area contributed by atoms with Gasteiger partial charge in [0, 0.05) is 13.3 Å². The molecule has 1 fully saturated rings. The van der Waals surface area contributed by atoms with Crippen molar-refractivity contribution in [2.75, 3.05) is 7.11 Å². The third-order valence-corrected chi connectivity index (χ3v) is 3.16. The minimum absolute atomic E-state index is 0.427. The minimum Gasteiger partial charge on any atom is -0.381 e. The van der Waals surface area contributed by atoms with E-state index >= 15 is 0 Å². The summed E-state index contributed by atoms with van der Waals surface area (Å²) in [6.45, 7) is 8.00. The number of ether oxygens (including phenoxy) is 1. The van der Waals surface area contributed by atoms with E-state index in [4.69, 9.17) is 25.9 Å². The molecule has 1 aromatic rings. The van der Waals surface area contributed by atoms with Crippen molar-refractivity contribution in [1.82, 2.24) is 4.98 Å². The van der Waals surface area contributed by atoms with Crippen LogP contribution in [0.1, 0.15) is 44.6 Å². The maximum atomic E-state index is 8.00. The normalized spacial score (nSPS) is 19.4. The van der Waals surface area contributed by atoms with Crippen LogP contribution in [0.3, 0.4) is 0 Å². The summed E-state index contributed by atoms with van der Waals surface area (Å²) in [4.78, 5) is 20.1. The van der Waals surface area contributed by atoms with Gasteiger partial charge in [-0.2, -0.15) is 0 Å². The summed E-state index contributed by atoms with van der Waals surface area (Å²) in [5.41, 5.74) is 1.29. The van der Waals surface area contributed by atoms with E-state index in [1.54, 1.807) is 7.11 Å². The largest absolute Gasteiger partial charge is 0.381 e. The number of pyridine rings is 1. The van der Waals surface area contributed by atoms with Crippen LogP contribution in [0, 0.1) is 0 Å². The molecule has 0 radical (unpaired) electrons. The third-order valence-electron chi connectivity index (χ3n) is 2.94. The van der Waals surface area contributed by atoms with E-state index in [1.807, 2.05) is 39.7 Å². The van der Waals surface area contributed by atoms with Crippen molar-refractivity contribution in [2.45, 2.75) is 45.1 Å². The van der Waals surface area contributed by atoms with Crippen molar-refractivity contribution in [3.63, 3.8) is 0 Å². The van der Waals surface area contributed by atoms with Gasteiger partial charge in [0.1, 0.15) is 18.7 Å². The Hall–Kier alpha value is -1.26. The molecule has 2 atom stereocenters. The van der Waals surface area contributed by atoms with Crippen molar-refractivity contribution in [2.24, 2.45) is 0 Å². The van der Waals surface area contributed by atoms with Gasteiger partial charge >= 0.3 is 0 Å². The highest BCUT2D eigenvalue weighted by Crippen LogP contribution is 2.35. The summed E-state index contributed by atoms with van der Waals surface area (Å²) in [5, 5.41) is 0.565. The first kappa shape index (κ1) is 21.0. The number of carbonyl (C=O) groups is 2. The molecule has 1 saturated carbocycles. The number of halogens is 1. The Kier molecular flexibility index (Phi) is 14.9. The SMILES string of the molecule is C=O.C=O.CC.COC1CCC(c2ccc(Cl)nc2)C1. The highest BCUT2D eigenvalue weighted by atomic mass is 35.5. The van der Waals surface area contributed by atoms with Crippen molar-refractivity contribution < 1.29 is 14.3 Å². The van der Waals surface area contributed by atoms with E-state index in [1.165, 1.54) is 12.0 Å². The second-order valence-electron chi connectivity index (χ2n) is 3.78. The molecular weight excluding hydrogens is 278 g/mol. The second-order valence-corrected chi connectivity index (χ2v) is 4.17. The summed E-state index contributed by atoms with van der Waals surface area (Å²) in [6, 6.07) is 3.93. The maximum Gasteiger partial charge on any atom is 0.129 e. The molecule has 2 rings (SSSR count). The molecule has 2 unspecified atom stereocenters. The summed E-state index contributed by atoms with van der Waals surface area (Å²) < 4.78 is 5.34. The zero-order chi connectivity index (χ0) is 16.0. The average Bonchev–Trinajstić information content (AvgIpc) is 3.03. The predicted octanol–water partition coefficient (Wildman–Crippen LogP) is 3.67. The first-order chi connectivity index (χ1) is 9.79. The molecule has 0 spiro atoms. The van der Waals surface area contributed by atoms with Gasteiger partial charge < -0.3 is 14.3 Å². The van der Waals surface area contributed by atoms with E-state index in [-0.39, 0.29) is 0 Å². The zero-order valence-electron chi connectivity index (χ0n) is 12.5. The lowest BCUT2D eigenvalue weighted by Gasteiger charge is -2.09. The Labute approximate surface area is 126 Å². The van der Waals surface area contributed by atoms with Crippen molar-refractivity contribution >= 4 is 25.2 Å². The predicted molar refractivity (Wildman–Crippen MR) is 82.2 cm³/mol. The van der Waals surface area contributed by atoms with E-state index in [2.05, 4.69) is 11.1 Å². The third kappa shape index (κ3) is 7.36. The Morgan fingerprint density at radius 3 is 2.20 bits per heavy atom. The summed E-state index contributed by atoms with van der Waals surface area (Å²) in [5.74, 6) is 0.602. The number of carbonyl (C=O) groups excluding carboxylic acids is 2. The first-order valence-corrected chi connectivity index (χ1v) is 6.89. The van der Waals surface area contributed by atoms with E-state index in [0.29, 0.717) is 17.2 Å².